The van der Waals surface area contributed by atoms with Gasteiger partial charge >= 0.3 is 6.09 Å². The maximum Gasteiger partial charge on any atom is 0.407 e. The second kappa shape index (κ2) is 13.4. The van der Waals surface area contributed by atoms with Crippen molar-refractivity contribution in [2.75, 3.05) is 25.5 Å². The largest absolute Gasteiger partial charge is 0.497 e. The average molecular weight is 513 g/mol. The van der Waals surface area contributed by atoms with E-state index in [-0.39, 0.29) is 31.4 Å². The summed E-state index contributed by atoms with van der Waals surface area (Å²) in [6.07, 6.45) is 2.89. The van der Waals surface area contributed by atoms with E-state index in [1.807, 2.05) is 6.92 Å². The molecule has 0 aliphatic carbocycles. The number of methoxy groups -OCH3 is 1. The Bertz CT molecular complexity index is 1090. The standard InChI is InChI=1S/C27H33FN4O5/c1-4-5-6-20(14-30-27(35)37-17-19-7-10-22(36-3)11-8-19)26(34)32-16-18(2)13-23(32)25(33)31-24-12-9-21(28)15-29-24/h7-12,15,20,23H,2,4-6,13-14,16-17H2,1,3H3,(H,30,35)(H,29,31,33)/t20-,23+/m1/s1. The fourth-order valence-electron chi connectivity index (χ4n) is 4.05. The number of nitrogens with one attached hydrogen (secondary N) is 2. The zero-order valence-corrected chi connectivity index (χ0v) is 21.2. The van der Waals surface area contributed by atoms with Crippen LogP contribution in [0.2, 0.25) is 0 Å². The number of amides is 3. The van der Waals surface area contributed by atoms with Crippen LogP contribution in [0.15, 0.2) is 54.7 Å². The van der Waals surface area contributed by atoms with E-state index < -0.39 is 29.8 Å². The van der Waals surface area contributed by atoms with E-state index in [4.69, 9.17) is 9.47 Å². The van der Waals surface area contributed by atoms with E-state index in [1.54, 1.807) is 31.4 Å². The highest BCUT2D eigenvalue weighted by atomic mass is 19.1. The number of halogens is 1. The topological polar surface area (TPSA) is 110 Å². The van der Waals surface area contributed by atoms with Crippen molar-refractivity contribution >= 4 is 23.7 Å². The van der Waals surface area contributed by atoms with Gasteiger partial charge in [0.05, 0.1) is 19.2 Å². The predicted octanol–water partition coefficient (Wildman–Crippen LogP) is 4.06. The lowest BCUT2D eigenvalue weighted by atomic mass is 9.99. The molecule has 0 unspecified atom stereocenters. The highest BCUT2D eigenvalue weighted by Gasteiger charge is 2.38. The van der Waals surface area contributed by atoms with Crippen LogP contribution < -0.4 is 15.4 Å². The summed E-state index contributed by atoms with van der Waals surface area (Å²) in [4.78, 5) is 44.1. The molecule has 1 aliphatic heterocycles. The molecule has 2 N–H and O–H groups in total. The second-order valence-corrected chi connectivity index (χ2v) is 8.93. The maximum absolute atomic E-state index is 13.5. The number of unbranched alkanes of at least 4 members (excludes halogenated alkanes) is 1. The molecule has 0 radical (unpaired) electrons. The predicted molar refractivity (Wildman–Crippen MR) is 136 cm³/mol. The van der Waals surface area contributed by atoms with Crippen molar-refractivity contribution < 1.29 is 28.2 Å². The monoisotopic (exact) mass is 512 g/mol. The van der Waals surface area contributed by atoms with E-state index in [1.165, 1.54) is 17.0 Å². The van der Waals surface area contributed by atoms with E-state index in [0.717, 1.165) is 30.2 Å². The molecular formula is C27H33FN4O5. The summed E-state index contributed by atoms with van der Waals surface area (Å²) in [5, 5.41) is 5.33. The molecule has 1 fully saturated rings. The third kappa shape index (κ3) is 8.03. The van der Waals surface area contributed by atoms with Gasteiger partial charge in [0.1, 0.15) is 30.0 Å². The number of benzene rings is 1. The van der Waals surface area contributed by atoms with Gasteiger partial charge in [0.25, 0.3) is 0 Å². The number of carbonyl (C=O) groups excluding carboxylic acids is 3. The fraction of sp³-hybridized carbons (Fsp3) is 0.407. The Morgan fingerprint density at radius 3 is 2.62 bits per heavy atom. The molecule has 10 heteroatoms. The molecule has 0 spiro atoms. The van der Waals surface area contributed by atoms with E-state index in [9.17, 15) is 18.8 Å². The Hall–Kier alpha value is -3.95. The highest BCUT2D eigenvalue weighted by molar-refractivity contribution is 5.97. The van der Waals surface area contributed by atoms with Crippen molar-refractivity contribution in [2.45, 2.75) is 45.3 Å². The summed E-state index contributed by atoms with van der Waals surface area (Å²) in [5.41, 5.74) is 1.55. The molecular weight excluding hydrogens is 479 g/mol. The smallest absolute Gasteiger partial charge is 0.407 e. The molecule has 0 bridgehead atoms. The number of nitrogens with zero attached hydrogens (tertiary/aromatic N) is 2. The van der Waals surface area contributed by atoms with Crippen molar-refractivity contribution in [3.05, 3.63) is 66.1 Å². The van der Waals surface area contributed by atoms with Gasteiger partial charge < -0.3 is 25.0 Å². The lowest BCUT2D eigenvalue weighted by molar-refractivity contribution is -0.140. The number of pyridine rings is 1. The number of rotatable bonds is 11. The second-order valence-electron chi connectivity index (χ2n) is 8.93. The van der Waals surface area contributed by atoms with Gasteiger partial charge in [-0.3, -0.25) is 9.59 Å². The fourth-order valence-corrected chi connectivity index (χ4v) is 4.05. The quantitative estimate of drug-likeness (QED) is 0.440. The number of aromatic nitrogens is 1. The van der Waals surface area contributed by atoms with Crippen LogP contribution in [0.25, 0.3) is 0 Å². The molecule has 1 aromatic carbocycles. The molecule has 0 saturated carbocycles. The Labute approximate surface area is 216 Å². The summed E-state index contributed by atoms with van der Waals surface area (Å²) in [6.45, 7) is 6.38. The first-order chi connectivity index (χ1) is 17.8. The number of hydrogen-bond donors (Lipinski definition) is 2. The van der Waals surface area contributed by atoms with Gasteiger partial charge in [0, 0.05) is 13.1 Å². The Morgan fingerprint density at radius 1 is 1.22 bits per heavy atom. The van der Waals surface area contributed by atoms with Gasteiger partial charge in [0.15, 0.2) is 0 Å². The molecule has 37 heavy (non-hydrogen) atoms. The number of hydrogen-bond acceptors (Lipinski definition) is 6. The van der Waals surface area contributed by atoms with Crippen LogP contribution in [-0.2, 0) is 20.9 Å². The number of alkyl carbamates (subject to hydrolysis) is 1. The van der Waals surface area contributed by atoms with Crippen molar-refractivity contribution in [3.8, 4) is 5.75 Å². The van der Waals surface area contributed by atoms with Gasteiger partial charge in [-0.05, 0) is 42.7 Å². The van der Waals surface area contributed by atoms with Gasteiger partial charge in [0.2, 0.25) is 11.8 Å². The summed E-state index contributed by atoms with van der Waals surface area (Å²) in [5.74, 6) is -0.811. The normalized spacial score (nSPS) is 15.7. The first kappa shape index (κ1) is 27.6. The van der Waals surface area contributed by atoms with Gasteiger partial charge in [-0.15, -0.1) is 0 Å². The number of likely N-dealkylation sites (tertiary alicyclic amines) is 1. The van der Waals surface area contributed by atoms with Crippen molar-refractivity contribution in [3.63, 3.8) is 0 Å². The van der Waals surface area contributed by atoms with Crippen LogP contribution in [0.1, 0.15) is 38.2 Å². The first-order valence-corrected chi connectivity index (χ1v) is 12.2. The van der Waals surface area contributed by atoms with Crippen molar-refractivity contribution in [1.82, 2.24) is 15.2 Å². The van der Waals surface area contributed by atoms with Crippen LogP contribution >= 0.6 is 0 Å². The Balaban J connectivity index is 1.59. The third-order valence-corrected chi connectivity index (χ3v) is 6.09. The van der Waals surface area contributed by atoms with Gasteiger partial charge in [-0.1, -0.05) is 44.1 Å². The first-order valence-electron chi connectivity index (χ1n) is 12.2. The van der Waals surface area contributed by atoms with Gasteiger partial charge in [-0.2, -0.15) is 0 Å². The minimum atomic E-state index is -0.766. The molecule has 1 aliphatic rings. The lowest BCUT2D eigenvalue weighted by Gasteiger charge is -2.28. The molecule has 1 saturated heterocycles. The van der Waals surface area contributed by atoms with Crippen LogP contribution in [0.3, 0.4) is 0 Å². The molecule has 9 nitrogen and oxygen atoms in total. The molecule has 198 valence electrons. The molecule has 2 aromatic rings. The summed E-state index contributed by atoms with van der Waals surface area (Å²) < 4.78 is 23.5. The highest BCUT2D eigenvalue weighted by Crippen LogP contribution is 2.26. The molecule has 3 rings (SSSR count). The summed E-state index contributed by atoms with van der Waals surface area (Å²) in [7, 11) is 1.57. The van der Waals surface area contributed by atoms with Crippen LogP contribution in [0, 0.1) is 11.7 Å². The van der Waals surface area contributed by atoms with Crippen LogP contribution in [-0.4, -0.2) is 54.0 Å². The Kier molecular flexibility index (Phi) is 10.00. The third-order valence-electron chi connectivity index (χ3n) is 6.09. The zero-order chi connectivity index (χ0) is 26.8. The van der Waals surface area contributed by atoms with Crippen molar-refractivity contribution in [2.24, 2.45) is 5.92 Å². The Morgan fingerprint density at radius 2 is 1.97 bits per heavy atom. The van der Waals surface area contributed by atoms with E-state index in [2.05, 4.69) is 22.2 Å². The summed E-state index contributed by atoms with van der Waals surface area (Å²) >= 11 is 0. The zero-order valence-electron chi connectivity index (χ0n) is 21.2. The minimum absolute atomic E-state index is 0.0784. The maximum atomic E-state index is 13.5. The summed E-state index contributed by atoms with van der Waals surface area (Å²) in [6, 6.07) is 8.93. The van der Waals surface area contributed by atoms with E-state index >= 15 is 0 Å². The van der Waals surface area contributed by atoms with Gasteiger partial charge in [-0.25, -0.2) is 14.2 Å². The van der Waals surface area contributed by atoms with Crippen molar-refractivity contribution in [1.29, 1.82) is 0 Å². The average Bonchev–Trinajstić information content (AvgIpc) is 3.30. The minimum Gasteiger partial charge on any atom is -0.497 e. The molecule has 3 amide bonds. The lowest BCUT2D eigenvalue weighted by Crippen LogP contribution is -2.48. The SMILES string of the molecule is C=C1C[C@@H](C(=O)Nc2ccc(F)cn2)N(C(=O)[C@H](CCCC)CNC(=O)OCc2ccc(OC)cc2)C1. The van der Waals surface area contributed by atoms with E-state index in [0.29, 0.717) is 18.6 Å². The van der Waals surface area contributed by atoms with Crippen LogP contribution in [0.5, 0.6) is 5.75 Å². The number of ether oxygens (including phenoxy) is 2. The van der Waals surface area contributed by atoms with Crippen LogP contribution in [0.4, 0.5) is 15.0 Å². The molecule has 2 heterocycles. The number of carbonyl (C=O) groups is 3. The number of anilines is 1. The molecule has 1 aromatic heterocycles. The molecule has 2 atom stereocenters.